The number of carbonyl (C=O) groups excluding carboxylic acids is 3. The monoisotopic (exact) mass is 754 g/mol. The number of nitrogens with one attached hydrogen (secondary N) is 4. The molecular formula is C39H43ClN8O6. The van der Waals surface area contributed by atoms with E-state index in [-0.39, 0.29) is 65.3 Å². The zero-order valence-electron chi connectivity index (χ0n) is 30.1. The number of phenols is 1. The molecule has 0 aliphatic rings. The van der Waals surface area contributed by atoms with E-state index in [2.05, 4.69) is 37.8 Å². The Hall–Kier alpha value is -6.01. The number of hydrogen-bond donors (Lipinski definition) is 6. The Kier molecular flexibility index (Phi) is 15.8. The lowest BCUT2D eigenvalue weighted by atomic mass is 10.0. The number of amides is 3. The van der Waals surface area contributed by atoms with Crippen molar-refractivity contribution in [1.29, 1.82) is 5.41 Å². The molecule has 7 N–H and O–H groups in total. The van der Waals surface area contributed by atoms with Gasteiger partial charge in [0.15, 0.2) is 0 Å². The number of methoxy groups -OCH3 is 2. The van der Waals surface area contributed by atoms with Crippen LogP contribution in [-0.4, -0.2) is 90.5 Å². The first-order valence-corrected chi connectivity index (χ1v) is 17.4. The number of carbonyl (C=O) groups is 3. The summed E-state index contributed by atoms with van der Waals surface area (Å²) < 4.78 is 10.3. The third-order valence-electron chi connectivity index (χ3n) is 8.04. The molecule has 4 rings (SSSR count). The molecule has 0 saturated heterocycles. The van der Waals surface area contributed by atoms with E-state index in [1.807, 2.05) is 6.07 Å². The number of rotatable bonds is 18. The van der Waals surface area contributed by atoms with Gasteiger partial charge in [0.2, 0.25) is 11.8 Å². The van der Waals surface area contributed by atoms with Crippen molar-refractivity contribution in [3.05, 3.63) is 106 Å². The number of ether oxygens (including phenoxy) is 2. The van der Waals surface area contributed by atoms with Crippen molar-refractivity contribution in [3.8, 4) is 17.6 Å². The summed E-state index contributed by atoms with van der Waals surface area (Å²) in [5.41, 5.74) is 7.99. The van der Waals surface area contributed by atoms with Crippen LogP contribution in [0.25, 0.3) is 0 Å². The molecule has 3 amide bonds. The van der Waals surface area contributed by atoms with E-state index in [4.69, 9.17) is 32.2 Å². The van der Waals surface area contributed by atoms with Crippen molar-refractivity contribution in [2.24, 2.45) is 0 Å². The van der Waals surface area contributed by atoms with Gasteiger partial charge in [-0.2, -0.15) is 0 Å². The SMILES string of the molecule is COCCN(CCOC)C(=O)CCCC#Cc1cccc(NC(=O)CNc2ncnc(N)c2C(=N)c2cccc(O)c2)c1C(=O)NCc1ccccc1Cl. The van der Waals surface area contributed by atoms with Crippen molar-refractivity contribution in [3.63, 3.8) is 0 Å². The Morgan fingerprint density at radius 2 is 1.72 bits per heavy atom. The molecule has 0 aliphatic carbocycles. The van der Waals surface area contributed by atoms with E-state index in [0.29, 0.717) is 60.9 Å². The van der Waals surface area contributed by atoms with Gasteiger partial charge in [0.1, 0.15) is 23.7 Å². The predicted octanol–water partition coefficient (Wildman–Crippen LogP) is 4.46. The summed E-state index contributed by atoms with van der Waals surface area (Å²) in [5, 5.41) is 27.7. The highest BCUT2D eigenvalue weighted by Gasteiger charge is 2.20. The fourth-order valence-corrected chi connectivity index (χ4v) is 5.47. The second-order valence-electron chi connectivity index (χ2n) is 11.8. The maximum Gasteiger partial charge on any atom is 0.254 e. The zero-order valence-corrected chi connectivity index (χ0v) is 30.8. The van der Waals surface area contributed by atoms with Gasteiger partial charge >= 0.3 is 0 Å². The van der Waals surface area contributed by atoms with E-state index >= 15 is 0 Å². The van der Waals surface area contributed by atoms with Gasteiger partial charge in [-0.3, -0.25) is 19.8 Å². The molecule has 1 heterocycles. The van der Waals surface area contributed by atoms with Crippen LogP contribution >= 0.6 is 11.6 Å². The highest BCUT2D eigenvalue weighted by molar-refractivity contribution is 6.31. The Labute approximate surface area is 318 Å². The molecule has 0 bridgehead atoms. The third-order valence-corrected chi connectivity index (χ3v) is 8.41. The van der Waals surface area contributed by atoms with Crippen LogP contribution in [0.4, 0.5) is 17.3 Å². The van der Waals surface area contributed by atoms with E-state index in [1.54, 1.807) is 67.7 Å². The molecule has 0 atom stereocenters. The summed E-state index contributed by atoms with van der Waals surface area (Å²) >= 11 is 6.32. The van der Waals surface area contributed by atoms with E-state index in [0.717, 1.165) is 0 Å². The predicted molar refractivity (Wildman–Crippen MR) is 208 cm³/mol. The number of nitrogens with zero attached hydrogens (tertiary/aromatic N) is 3. The van der Waals surface area contributed by atoms with Crippen LogP contribution < -0.4 is 21.7 Å². The molecule has 1 aromatic heterocycles. The highest BCUT2D eigenvalue weighted by atomic mass is 35.5. The van der Waals surface area contributed by atoms with Gasteiger partial charge in [-0.25, -0.2) is 9.97 Å². The first-order valence-electron chi connectivity index (χ1n) is 17.0. The van der Waals surface area contributed by atoms with Gasteiger partial charge < -0.3 is 41.2 Å². The molecule has 0 saturated carbocycles. The number of hydrogen-bond acceptors (Lipinski definition) is 11. The normalized spacial score (nSPS) is 10.5. The Morgan fingerprint density at radius 1 is 0.981 bits per heavy atom. The fourth-order valence-electron chi connectivity index (χ4n) is 5.26. The van der Waals surface area contributed by atoms with Crippen LogP contribution in [0.3, 0.4) is 0 Å². The minimum Gasteiger partial charge on any atom is -0.508 e. The minimum absolute atomic E-state index is 0.00359. The van der Waals surface area contributed by atoms with Crippen molar-refractivity contribution in [2.75, 3.05) is 63.4 Å². The topological polar surface area (TPSA) is 205 Å². The molecule has 15 heteroatoms. The number of nitrogen functional groups attached to an aromatic ring is 1. The van der Waals surface area contributed by atoms with Crippen LogP contribution in [-0.2, 0) is 25.6 Å². The van der Waals surface area contributed by atoms with Crippen LogP contribution in [0.1, 0.15) is 51.9 Å². The van der Waals surface area contributed by atoms with Crippen molar-refractivity contribution in [2.45, 2.75) is 25.8 Å². The van der Waals surface area contributed by atoms with Crippen LogP contribution in [0, 0.1) is 17.3 Å². The molecule has 14 nitrogen and oxygen atoms in total. The lowest BCUT2D eigenvalue weighted by molar-refractivity contribution is -0.132. The molecule has 4 aromatic rings. The smallest absolute Gasteiger partial charge is 0.254 e. The lowest BCUT2D eigenvalue weighted by Gasteiger charge is -2.21. The summed E-state index contributed by atoms with van der Waals surface area (Å²) in [6.45, 7) is 1.57. The summed E-state index contributed by atoms with van der Waals surface area (Å²) in [4.78, 5) is 49.8. The van der Waals surface area contributed by atoms with Crippen LogP contribution in [0.2, 0.25) is 5.02 Å². The van der Waals surface area contributed by atoms with Crippen LogP contribution in [0.15, 0.2) is 73.1 Å². The molecule has 54 heavy (non-hydrogen) atoms. The fraction of sp³-hybridized carbons (Fsp3) is 0.282. The molecule has 0 spiro atoms. The molecule has 3 aromatic carbocycles. The van der Waals surface area contributed by atoms with E-state index in [9.17, 15) is 19.5 Å². The van der Waals surface area contributed by atoms with Gasteiger partial charge in [0, 0.05) is 62.8 Å². The van der Waals surface area contributed by atoms with E-state index in [1.165, 1.54) is 18.5 Å². The summed E-state index contributed by atoms with van der Waals surface area (Å²) in [6.07, 6.45) is 2.37. The van der Waals surface area contributed by atoms with Gasteiger partial charge in [-0.1, -0.05) is 59.8 Å². The summed E-state index contributed by atoms with van der Waals surface area (Å²) in [6, 6.07) is 18.2. The summed E-state index contributed by atoms with van der Waals surface area (Å²) in [7, 11) is 3.16. The maximum absolute atomic E-state index is 13.7. The highest BCUT2D eigenvalue weighted by Crippen LogP contribution is 2.24. The maximum atomic E-state index is 13.7. The number of aromatic nitrogens is 2. The van der Waals surface area contributed by atoms with Gasteiger partial charge in [0.05, 0.1) is 42.3 Å². The van der Waals surface area contributed by atoms with E-state index < -0.39 is 11.8 Å². The Morgan fingerprint density at radius 3 is 2.44 bits per heavy atom. The zero-order chi connectivity index (χ0) is 38.9. The lowest BCUT2D eigenvalue weighted by Crippen LogP contribution is -2.36. The number of unbranched alkanes of at least 4 members (excludes halogenated alkanes) is 1. The second kappa shape index (κ2) is 20.9. The number of halogens is 1. The van der Waals surface area contributed by atoms with Crippen molar-refractivity contribution >= 4 is 52.4 Å². The molecular weight excluding hydrogens is 712 g/mol. The largest absolute Gasteiger partial charge is 0.508 e. The number of anilines is 3. The first kappa shape index (κ1) is 40.8. The quantitative estimate of drug-likeness (QED) is 0.0478. The number of nitrogens with two attached hydrogens (primary N) is 1. The minimum atomic E-state index is -0.530. The molecule has 0 radical (unpaired) electrons. The number of aromatic hydroxyl groups is 1. The standard InChI is InChI=1S/C39H43ClN8O6/c1-53-20-18-48(19-21-54-2)33(51)17-5-3-4-10-26-12-9-16-31(34(26)39(52)44-23-28-11-6-7-15-30(28)40)47-32(50)24-43-38-35(37(42)45-25-46-38)36(41)27-13-8-14-29(49)22-27/h6-9,11-16,22,25,41,49H,3,5,17-21,23-24H2,1-2H3,(H,44,52)(H,47,50)(H3,42,43,45,46). The second-order valence-corrected chi connectivity index (χ2v) is 12.2. The molecule has 0 aliphatic heterocycles. The molecule has 0 unspecified atom stereocenters. The Balaban J connectivity index is 1.51. The van der Waals surface area contributed by atoms with Gasteiger partial charge in [0.25, 0.3) is 5.91 Å². The van der Waals surface area contributed by atoms with Gasteiger partial charge in [-0.15, -0.1) is 0 Å². The number of benzene rings is 3. The summed E-state index contributed by atoms with van der Waals surface area (Å²) in [5.74, 6) is 5.17. The van der Waals surface area contributed by atoms with Gasteiger partial charge in [-0.05, 0) is 42.3 Å². The molecule has 0 fully saturated rings. The average Bonchev–Trinajstić information content (AvgIpc) is 3.16. The number of phenolic OH excluding ortho intramolecular Hbond substituents is 1. The van der Waals surface area contributed by atoms with Crippen LogP contribution in [0.5, 0.6) is 5.75 Å². The molecule has 282 valence electrons. The van der Waals surface area contributed by atoms with Crippen molar-refractivity contribution in [1.82, 2.24) is 20.2 Å². The first-order chi connectivity index (χ1) is 26.1. The third kappa shape index (κ3) is 11.8. The Bertz CT molecular complexity index is 2010. The van der Waals surface area contributed by atoms with Crippen molar-refractivity contribution < 1.29 is 29.0 Å². The average molecular weight is 755 g/mol.